The minimum absolute atomic E-state index is 0.321. The molecule has 1 atom stereocenters. The van der Waals surface area contributed by atoms with Crippen molar-refractivity contribution in [1.82, 2.24) is 15.2 Å². The number of nitrogens with one attached hydrogen (secondary N) is 1. The Morgan fingerprint density at radius 2 is 2.40 bits per heavy atom. The average molecular weight is 228 g/mol. The molecule has 0 fully saturated rings. The topological polar surface area (TPSA) is 55.9 Å². The van der Waals surface area contributed by atoms with Gasteiger partial charge in [-0.1, -0.05) is 0 Å². The first-order valence-corrected chi connectivity index (χ1v) is 6.59. The second kappa shape index (κ2) is 6.15. The zero-order valence-corrected chi connectivity index (χ0v) is 10.5. The van der Waals surface area contributed by atoms with Crippen LogP contribution >= 0.6 is 11.8 Å². The Balaban J connectivity index is 2.68. The van der Waals surface area contributed by atoms with E-state index in [2.05, 4.69) is 29.8 Å². The molecule has 5 heteroatoms. The molecule has 1 aromatic rings. The summed E-state index contributed by atoms with van der Waals surface area (Å²) in [4.78, 5) is 0. The van der Waals surface area contributed by atoms with E-state index >= 15 is 0 Å². The summed E-state index contributed by atoms with van der Waals surface area (Å²) in [5.74, 6) is 6.53. The van der Waals surface area contributed by atoms with E-state index in [1.165, 1.54) is 5.69 Å². The second-order valence-electron chi connectivity index (χ2n) is 3.62. The van der Waals surface area contributed by atoms with Crippen LogP contribution in [0.4, 0.5) is 0 Å². The normalized spacial score (nSPS) is 13.1. The lowest BCUT2D eigenvalue weighted by molar-refractivity contribution is 0.534. The molecule has 15 heavy (non-hydrogen) atoms. The van der Waals surface area contributed by atoms with Crippen molar-refractivity contribution in [2.24, 2.45) is 5.84 Å². The first kappa shape index (κ1) is 12.5. The van der Waals surface area contributed by atoms with Crippen molar-refractivity contribution >= 4 is 11.8 Å². The number of aryl methyl sites for hydroxylation is 2. The van der Waals surface area contributed by atoms with Crippen molar-refractivity contribution < 1.29 is 0 Å². The third-order valence-corrected chi connectivity index (χ3v) is 3.08. The first-order chi connectivity index (χ1) is 7.21. The molecule has 0 amide bonds. The van der Waals surface area contributed by atoms with Crippen LogP contribution in [0.2, 0.25) is 0 Å². The summed E-state index contributed by atoms with van der Waals surface area (Å²) >= 11 is 1.80. The van der Waals surface area contributed by atoms with Crippen LogP contribution in [0, 0.1) is 6.92 Å². The predicted molar refractivity (Wildman–Crippen MR) is 65.8 cm³/mol. The highest BCUT2D eigenvalue weighted by Crippen LogP contribution is 2.09. The maximum Gasteiger partial charge on any atom is 0.0596 e. The summed E-state index contributed by atoms with van der Waals surface area (Å²) in [5, 5.41) is 4.42. The van der Waals surface area contributed by atoms with E-state index in [0.29, 0.717) is 6.04 Å². The molecule has 0 saturated heterocycles. The van der Waals surface area contributed by atoms with E-state index in [-0.39, 0.29) is 0 Å². The molecule has 0 aliphatic rings. The van der Waals surface area contributed by atoms with E-state index in [9.17, 15) is 0 Å². The number of hydrogen-bond acceptors (Lipinski definition) is 4. The van der Waals surface area contributed by atoms with Gasteiger partial charge in [0.2, 0.25) is 0 Å². The van der Waals surface area contributed by atoms with E-state index in [4.69, 9.17) is 5.84 Å². The number of aromatic nitrogens is 2. The van der Waals surface area contributed by atoms with Gasteiger partial charge in [0.1, 0.15) is 0 Å². The molecular formula is C10H20N4S. The van der Waals surface area contributed by atoms with Crippen LogP contribution in [0.25, 0.3) is 0 Å². The number of hydrogen-bond donors (Lipinski definition) is 2. The van der Waals surface area contributed by atoms with E-state index in [1.54, 1.807) is 11.8 Å². The third-order valence-electron chi connectivity index (χ3n) is 2.34. The lowest BCUT2D eigenvalue weighted by Crippen LogP contribution is -2.39. The molecular weight excluding hydrogens is 208 g/mol. The van der Waals surface area contributed by atoms with Gasteiger partial charge in [-0.05, 0) is 26.2 Å². The number of hydrazine groups is 1. The molecule has 1 unspecified atom stereocenters. The summed E-state index contributed by atoms with van der Waals surface area (Å²) < 4.78 is 2.04. The zero-order valence-electron chi connectivity index (χ0n) is 9.66. The number of thioether (sulfide) groups is 1. The molecule has 0 saturated carbocycles. The summed E-state index contributed by atoms with van der Waals surface area (Å²) in [6.45, 7) is 5.05. The largest absolute Gasteiger partial charge is 0.271 e. The highest BCUT2D eigenvalue weighted by Gasteiger charge is 2.11. The smallest absolute Gasteiger partial charge is 0.0596 e. The Kier molecular flexibility index (Phi) is 5.14. The molecule has 86 valence electrons. The maximum absolute atomic E-state index is 5.51. The monoisotopic (exact) mass is 228 g/mol. The van der Waals surface area contributed by atoms with Gasteiger partial charge in [0.15, 0.2) is 0 Å². The van der Waals surface area contributed by atoms with Crippen molar-refractivity contribution in [1.29, 1.82) is 0 Å². The van der Waals surface area contributed by atoms with E-state index in [1.807, 2.05) is 11.6 Å². The number of nitrogens with two attached hydrogens (primary N) is 1. The fourth-order valence-corrected chi connectivity index (χ4v) is 2.27. The highest BCUT2D eigenvalue weighted by atomic mass is 32.2. The van der Waals surface area contributed by atoms with Gasteiger partial charge in [-0.2, -0.15) is 16.9 Å². The quantitative estimate of drug-likeness (QED) is 0.562. The summed E-state index contributed by atoms with van der Waals surface area (Å²) in [6, 6.07) is 2.45. The summed E-state index contributed by atoms with van der Waals surface area (Å²) in [6.07, 6.45) is 3.03. The molecule has 1 rings (SSSR count). The lowest BCUT2D eigenvalue weighted by atomic mass is 10.2. The number of rotatable bonds is 6. The third kappa shape index (κ3) is 3.52. The van der Waals surface area contributed by atoms with Crippen LogP contribution in [-0.4, -0.2) is 27.8 Å². The Morgan fingerprint density at radius 3 is 2.93 bits per heavy atom. The maximum atomic E-state index is 5.51. The van der Waals surface area contributed by atoms with Crippen molar-refractivity contribution in [2.75, 3.05) is 12.0 Å². The fourth-order valence-electron chi connectivity index (χ4n) is 1.66. The van der Waals surface area contributed by atoms with Gasteiger partial charge in [-0.15, -0.1) is 0 Å². The van der Waals surface area contributed by atoms with Gasteiger partial charge in [0, 0.05) is 30.5 Å². The molecule has 4 nitrogen and oxygen atoms in total. The molecule has 1 heterocycles. The van der Waals surface area contributed by atoms with Crippen LogP contribution in [0.5, 0.6) is 0 Å². The Hall–Kier alpha value is -0.520. The average Bonchev–Trinajstić information content (AvgIpc) is 2.58. The molecule has 0 bridgehead atoms. The fraction of sp³-hybridized carbons (Fsp3) is 0.700. The van der Waals surface area contributed by atoms with Gasteiger partial charge >= 0.3 is 0 Å². The second-order valence-corrected chi connectivity index (χ2v) is 4.53. The first-order valence-electron chi connectivity index (χ1n) is 5.19. The van der Waals surface area contributed by atoms with Crippen LogP contribution in [-0.2, 0) is 13.0 Å². The van der Waals surface area contributed by atoms with Gasteiger partial charge in [0.25, 0.3) is 0 Å². The highest BCUT2D eigenvalue weighted by molar-refractivity contribution is 7.98. The van der Waals surface area contributed by atoms with Crippen molar-refractivity contribution in [3.8, 4) is 0 Å². The van der Waals surface area contributed by atoms with Crippen molar-refractivity contribution in [2.45, 2.75) is 32.9 Å². The molecule has 0 aliphatic carbocycles. The van der Waals surface area contributed by atoms with Gasteiger partial charge in [-0.3, -0.25) is 16.0 Å². The van der Waals surface area contributed by atoms with Gasteiger partial charge < -0.3 is 0 Å². The Labute approximate surface area is 95.6 Å². The predicted octanol–water partition coefficient (Wildman–Crippen LogP) is 0.949. The summed E-state index contributed by atoms with van der Waals surface area (Å²) in [5.41, 5.74) is 5.18. The zero-order chi connectivity index (χ0) is 11.3. The van der Waals surface area contributed by atoms with E-state index in [0.717, 1.165) is 24.4 Å². The van der Waals surface area contributed by atoms with Gasteiger partial charge in [-0.25, -0.2) is 0 Å². The standard InChI is InChI=1S/C10H20N4S/c1-4-14-10(5-8(2)13-14)6-9(12-11)7-15-3/h5,9,12H,4,6-7,11H2,1-3H3. The number of nitrogens with zero attached hydrogens (tertiary/aromatic N) is 2. The van der Waals surface area contributed by atoms with E-state index < -0.39 is 0 Å². The molecule has 0 radical (unpaired) electrons. The Morgan fingerprint density at radius 1 is 1.67 bits per heavy atom. The van der Waals surface area contributed by atoms with Crippen molar-refractivity contribution in [3.63, 3.8) is 0 Å². The molecule has 0 aliphatic heterocycles. The minimum atomic E-state index is 0.321. The molecule has 1 aromatic heterocycles. The minimum Gasteiger partial charge on any atom is -0.271 e. The molecule has 3 N–H and O–H groups in total. The van der Waals surface area contributed by atoms with Crippen molar-refractivity contribution in [3.05, 3.63) is 17.5 Å². The lowest BCUT2D eigenvalue weighted by Gasteiger charge is -2.14. The Bertz CT molecular complexity index is 298. The van der Waals surface area contributed by atoms with Crippen LogP contribution in [0.15, 0.2) is 6.07 Å². The van der Waals surface area contributed by atoms with Gasteiger partial charge in [0.05, 0.1) is 5.69 Å². The molecule has 0 spiro atoms. The molecule has 0 aromatic carbocycles. The SMILES string of the molecule is CCn1nc(C)cc1CC(CSC)NN. The summed E-state index contributed by atoms with van der Waals surface area (Å²) in [7, 11) is 0. The van der Waals surface area contributed by atoms with Crippen LogP contribution in [0.1, 0.15) is 18.3 Å². The van der Waals surface area contributed by atoms with Crippen LogP contribution < -0.4 is 11.3 Å². The van der Waals surface area contributed by atoms with Crippen LogP contribution in [0.3, 0.4) is 0 Å².